The molecule has 0 aliphatic rings. The molecule has 0 aliphatic heterocycles. The van der Waals surface area contributed by atoms with Gasteiger partial charge in [-0.2, -0.15) is 5.10 Å². The van der Waals surface area contributed by atoms with Gasteiger partial charge in [-0.3, -0.25) is 14.3 Å². The van der Waals surface area contributed by atoms with Gasteiger partial charge in [-0.1, -0.05) is 11.6 Å². The molecule has 0 saturated carbocycles. The van der Waals surface area contributed by atoms with Crippen molar-refractivity contribution in [1.82, 2.24) is 15.3 Å². The number of amides is 1. The Kier molecular flexibility index (Phi) is 5.84. The number of aryl methyl sites for hydroxylation is 2. The van der Waals surface area contributed by atoms with Crippen LogP contribution in [0.3, 0.4) is 0 Å². The Morgan fingerprint density at radius 2 is 2.28 bits per heavy atom. The van der Waals surface area contributed by atoms with Gasteiger partial charge in [0.1, 0.15) is 5.15 Å². The number of nitrogens with one attached hydrogen (secondary N) is 1. The third kappa shape index (κ3) is 4.14. The summed E-state index contributed by atoms with van der Waals surface area (Å²) in [4.78, 5) is 16.2. The van der Waals surface area contributed by atoms with Crippen molar-refractivity contribution in [2.75, 3.05) is 20.3 Å². The van der Waals surface area contributed by atoms with Crippen LogP contribution in [-0.4, -0.2) is 36.0 Å². The number of halogens is 1. The van der Waals surface area contributed by atoms with E-state index in [2.05, 4.69) is 10.6 Å². The monoisotopic (exact) mass is 273 g/mol. The minimum absolute atomic E-state index is 0.294. The van der Waals surface area contributed by atoms with Gasteiger partial charge in [-0.25, -0.2) is 5.48 Å². The van der Waals surface area contributed by atoms with Gasteiger partial charge in [-0.05, 0) is 13.0 Å². The number of methoxy groups -OCH3 is 1. The van der Waals surface area contributed by atoms with Crippen molar-refractivity contribution in [1.29, 1.82) is 0 Å². The topological polar surface area (TPSA) is 65.4 Å². The molecular formula is C11H16ClN3O3. The van der Waals surface area contributed by atoms with E-state index in [1.807, 2.05) is 6.92 Å². The molecule has 1 aromatic rings. The Balaban J connectivity index is 2.50. The lowest BCUT2D eigenvalue weighted by atomic mass is 10.2. The predicted molar refractivity (Wildman–Crippen MR) is 68.0 cm³/mol. The highest BCUT2D eigenvalue weighted by Gasteiger charge is 2.08. The molecule has 1 rings (SSSR count). The van der Waals surface area contributed by atoms with Gasteiger partial charge >= 0.3 is 0 Å². The van der Waals surface area contributed by atoms with E-state index in [0.717, 1.165) is 5.69 Å². The van der Waals surface area contributed by atoms with E-state index in [9.17, 15) is 4.79 Å². The van der Waals surface area contributed by atoms with E-state index >= 15 is 0 Å². The lowest BCUT2D eigenvalue weighted by molar-refractivity contribution is -0.129. The Morgan fingerprint density at radius 1 is 1.56 bits per heavy atom. The standard InChI is InChI=1S/C11H16ClN3O3/c1-8-9(11(12)15(2)13-8)4-5-10(16)14-18-7-6-17-3/h4-5H,6-7H2,1-3H3,(H,14,16)/b5-4+. The van der Waals surface area contributed by atoms with E-state index in [1.165, 1.54) is 6.08 Å². The van der Waals surface area contributed by atoms with Crippen LogP contribution in [0, 0.1) is 6.92 Å². The average Bonchev–Trinajstić information content (AvgIpc) is 2.57. The minimum Gasteiger partial charge on any atom is -0.382 e. The van der Waals surface area contributed by atoms with E-state index in [1.54, 1.807) is 24.9 Å². The zero-order valence-electron chi connectivity index (χ0n) is 10.6. The van der Waals surface area contributed by atoms with Crippen molar-refractivity contribution in [3.8, 4) is 0 Å². The first-order chi connectivity index (χ1) is 8.56. The lowest BCUT2D eigenvalue weighted by Crippen LogP contribution is -2.23. The van der Waals surface area contributed by atoms with Crippen LogP contribution in [0.4, 0.5) is 0 Å². The molecule has 1 N–H and O–H groups in total. The summed E-state index contributed by atoms with van der Waals surface area (Å²) in [6, 6.07) is 0. The molecule has 1 heterocycles. The van der Waals surface area contributed by atoms with E-state index in [4.69, 9.17) is 21.2 Å². The van der Waals surface area contributed by atoms with Crippen LogP contribution in [0.25, 0.3) is 6.08 Å². The molecule has 6 nitrogen and oxygen atoms in total. The average molecular weight is 274 g/mol. The van der Waals surface area contributed by atoms with Gasteiger partial charge < -0.3 is 4.74 Å². The summed E-state index contributed by atoms with van der Waals surface area (Å²) in [5, 5.41) is 4.61. The third-order valence-electron chi connectivity index (χ3n) is 2.16. The first-order valence-corrected chi connectivity index (χ1v) is 5.72. The first-order valence-electron chi connectivity index (χ1n) is 5.34. The highest BCUT2D eigenvalue weighted by atomic mass is 35.5. The van der Waals surface area contributed by atoms with Crippen molar-refractivity contribution >= 4 is 23.6 Å². The number of carbonyl (C=O) groups is 1. The zero-order valence-corrected chi connectivity index (χ0v) is 11.3. The Labute approximate surface area is 110 Å². The molecule has 7 heteroatoms. The Hall–Kier alpha value is -1.37. The summed E-state index contributed by atoms with van der Waals surface area (Å²) in [6.45, 7) is 2.53. The molecule has 0 radical (unpaired) electrons. The van der Waals surface area contributed by atoms with Gasteiger partial charge in [0.15, 0.2) is 0 Å². The van der Waals surface area contributed by atoms with Crippen molar-refractivity contribution in [3.05, 3.63) is 22.5 Å². The Morgan fingerprint density at radius 3 is 2.83 bits per heavy atom. The van der Waals surface area contributed by atoms with Crippen LogP contribution in [0.1, 0.15) is 11.3 Å². The molecule has 0 spiro atoms. The Bertz CT molecular complexity index is 443. The van der Waals surface area contributed by atoms with Crippen LogP contribution >= 0.6 is 11.6 Å². The molecule has 0 fully saturated rings. The van der Waals surface area contributed by atoms with Crippen LogP contribution in [0.15, 0.2) is 6.08 Å². The predicted octanol–water partition coefficient (Wildman–Crippen LogP) is 1.09. The van der Waals surface area contributed by atoms with Gasteiger partial charge in [0.2, 0.25) is 0 Å². The number of hydrogen-bond acceptors (Lipinski definition) is 4. The van der Waals surface area contributed by atoms with E-state index < -0.39 is 0 Å². The van der Waals surface area contributed by atoms with Crippen molar-refractivity contribution in [3.63, 3.8) is 0 Å². The number of ether oxygens (including phenoxy) is 1. The molecule has 0 aromatic carbocycles. The SMILES string of the molecule is COCCONC(=O)/C=C/c1c(C)nn(C)c1Cl. The summed E-state index contributed by atoms with van der Waals surface area (Å²) in [7, 11) is 3.29. The van der Waals surface area contributed by atoms with Crippen molar-refractivity contribution in [2.45, 2.75) is 6.92 Å². The molecule has 0 bridgehead atoms. The second-order valence-corrected chi connectivity index (χ2v) is 3.91. The highest BCUT2D eigenvalue weighted by Crippen LogP contribution is 2.19. The molecule has 0 saturated heterocycles. The maximum atomic E-state index is 11.4. The van der Waals surface area contributed by atoms with Crippen LogP contribution in [-0.2, 0) is 21.4 Å². The number of nitrogens with zero attached hydrogens (tertiary/aromatic N) is 2. The second kappa shape index (κ2) is 7.15. The number of carbonyl (C=O) groups excluding carboxylic acids is 1. The quantitative estimate of drug-likeness (QED) is 0.479. The second-order valence-electron chi connectivity index (χ2n) is 3.55. The fraction of sp³-hybridized carbons (Fsp3) is 0.455. The van der Waals surface area contributed by atoms with Gasteiger partial charge in [-0.15, -0.1) is 0 Å². The number of hydrogen-bond donors (Lipinski definition) is 1. The van der Waals surface area contributed by atoms with Crippen LogP contribution in [0.2, 0.25) is 5.15 Å². The molecule has 0 aliphatic carbocycles. The van der Waals surface area contributed by atoms with Gasteiger partial charge in [0.25, 0.3) is 5.91 Å². The number of aromatic nitrogens is 2. The number of rotatable bonds is 6. The molecular weight excluding hydrogens is 258 g/mol. The van der Waals surface area contributed by atoms with Crippen molar-refractivity contribution in [2.24, 2.45) is 7.05 Å². The maximum Gasteiger partial charge on any atom is 0.267 e. The number of hydroxylamine groups is 1. The molecule has 100 valence electrons. The largest absolute Gasteiger partial charge is 0.382 e. The lowest BCUT2D eigenvalue weighted by Gasteiger charge is -2.01. The summed E-state index contributed by atoms with van der Waals surface area (Å²) in [6.07, 6.45) is 2.93. The van der Waals surface area contributed by atoms with Gasteiger partial charge in [0, 0.05) is 25.8 Å². The first kappa shape index (κ1) is 14.7. The summed E-state index contributed by atoms with van der Waals surface area (Å²) in [5.41, 5.74) is 3.73. The van der Waals surface area contributed by atoms with Crippen LogP contribution in [0.5, 0.6) is 0 Å². The molecule has 0 unspecified atom stereocenters. The fourth-order valence-electron chi connectivity index (χ4n) is 1.28. The summed E-state index contributed by atoms with van der Waals surface area (Å²) in [5.74, 6) is -0.370. The third-order valence-corrected chi connectivity index (χ3v) is 2.61. The maximum absolute atomic E-state index is 11.4. The molecule has 0 atom stereocenters. The zero-order chi connectivity index (χ0) is 13.5. The highest BCUT2D eigenvalue weighted by molar-refractivity contribution is 6.31. The fourth-order valence-corrected chi connectivity index (χ4v) is 1.51. The smallest absolute Gasteiger partial charge is 0.267 e. The minimum atomic E-state index is -0.370. The normalized spacial score (nSPS) is 11.1. The van der Waals surface area contributed by atoms with Crippen molar-refractivity contribution < 1.29 is 14.4 Å². The molecule has 1 amide bonds. The van der Waals surface area contributed by atoms with Crippen LogP contribution < -0.4 is 5.48 Å². The molecule has 1 aromatic heterocycles. The van der Waals surface area contributed by atoms with E-state index in [-0.39, 0.29) is 5.91 Å². The summed E-state index contributed by atoms with van der Waals surface area (Å²) < 4.78 is 6.31. The summed E-state index contributed by atoms with van der Waals surface area (Å²) >= 11 is 6.01. The van der Waals surface area contributed by atoms with E-state index in [0.29, 0.717) is 23.9 Å². The molecule has 18 heavy (non-hydrogen) atoms. The van der Waals surface area contributed by atoms with Gasteiger partial charge in [0.05, 0.1) is 18.9 Å².